The fourth-order valence-electron chi connectivity index (χ4n) is 3.29. The highest BCUT2D eigenvalue weighted by Gasteiger charge is 2.09. The van der Waals surface area contributed by atoms with Gasteiger partial charge in [-0.05, 0) is 64.3 Å². The minimum atomic E-state index is -0.114. The molecule has 2 aromatic carbocycles. The van der Waals surface area contributed by atoms with Gasteiger partial charge in [0.2, 0.25) is 0 Å². The van der Waals surface area contributed by atoms with Crippen LogP contribution in [0.5, 0.6) is 11.5 Å². The van der Waals surface area contributed by atoms with Gasteiger partial charge in [-0.2, -0.15) is 0 Å². The van der Waals surface area contributed by atoms with Gasteiger partial charge in [-0.25, -0.2) is 0 Å². The van der Waals surface area contributed by atoms with E-state index in [-0.39, 0.29) is 5.91 Å². The van der Waals surface area contributed by atoms with Crippen LogP contribution in [0.3, 0.4) is 0 Å². The molecule has 164 valence electrons. The van der Waals surface area contributed by atoms with Gasteiger partial charge < -0.3 is 24.6 Å². The summed E-state index contributed by atoms with van der Waals surface area (Å²) in [5, 5.41) is 2.97. The maximum atomic E-state index is 12.4. The third kappa shape index (κ3) is 8.43. The first-order chi connectivity index (χ1) is 14.5. The second-order valence-corrected chi connectivity index (χ2v) is 7.59. The first-order valence-electron chi connectivity index (χ1n) is 10.4. The number of rotatable bonds is 13. The van der Waals surface area contributed by atoms with Crippen molar-refractivity contribution in [1.29, 1.82) is 0 Å². The number of hydrogen-bond donors (Lipinski definition) is 1. The summed E-state index contributed by atoms with van der Waals surface area (Å²) in [6.07, 6.45) is 2.03. The smallest absolute Gasteiger partial charge is 0.251 e. The van der Waals surface area contributed by atoms with E-state index in [1.54, 1.807) is 32.4 Å². The fraction of sp³-hybridized carbons (Fsp3) is 0.458. The molecule has 0 aliphatic carbocycles. The Hall–Kier alpha value is -2.57. The molecule has 0 saturated carbocycles. The Morgan fingerprint density at radius 2 is 1.47 bits per heavy atom. The Morgan fingerprint density at radius 3 is 2.10 bits per heavy atom. The topological polar surface area (TPSA) is 54.0 Å². The van der Waals surface area contributed by atoms with Gasteiger partial charge in [-0.15, -0.1) is 0 Å². The minimum absolute atomic E-state index is 0.114. The molecule has 2 aromatic rings. The summed E-state index contributed by atoms with van der Waals surface area (Å²) in [4.78, 5) is 17.1. The molecule has 1 amide bonds. The van der Waals surface area contributed by atoms with Crippen LogP contribution in [-0.2, 0) is 6.54 Å². The summed E-state index contributed by atoms with van der Waals surface area (Å²) >= 11 is 0. The van der Waals surface area contributed by atoms with Crippen molar-refractivity contribution in [3.8, 4) is 11.5 Å². The first-order valence-corrected chi connectivity index (χ1v) is 10.4. The highest BCUT2D eigenvalue weighted by molar-refractivity contribution is 5.95. The summed E-state index contributed by atoms with van der Waals surface area (Å²) < 4.78 is 10.4. The van der Waals surface area contributed by atoms with Crippen molar-refractivity contribution < 1.29 is 14.3 Å². The first kappa shape index (κ1) is 23.7. The Morgan fingerprint density at radius 1 is 0.867 bits per heavy atom. The van der Waals surface area contributed by atoms with E-state index in [1.165, 1.54) is 5.56 Å². The Kier molecular flexibility index (Phi) is 10.2. The third-order valence-corrected chi connectivity index (χ3v) is 4.99. The number of hydrogen-bond acceptors (Lipinski definition) is 5. The molecule has 0 aromatic heterocycles. The monoisotopic (exact) mass is 413 g/mol. The molecule has 0 bridgehead atoms. The molecule has 1 N–H and O–H groups in total. The number of ether oxygens (including phenoxy) is 2. The zero-order chi connectivity index (χ0) is 21.8. The van der Waals surface area contributed by atoms with Crippen molar-refractivity contribution in [2.75, 3.05) is 54.5 Å². The number of methoxy groups -OCH3 is 2. The molecule has 0 radical (unpaired) electrons. The SMILES string of the molecule is COc1cc(OC)cc(C(=O)NCCCN(C)CCCN(C)Cc2ccccc2)c1. The zero-order valence-corrected chi connectivity index (χ0v) is 18.7. The van der Waals surface area contributed by atoms with E-state index in [9.17, 15) is 4.79 Å². The Bertz CT molecular complexity index is 745. The number of carbonyl (C=O) groups excluding carboxylic acids is 1. The molecule has 0 saturated heterocycles. The van der Waals surface area contributed by atoms with Crippen LogP contribution >= 0.6 is 0 Å². The quantitative estimate of drug-likeness (QED) is 0.511. The van der Waals surface area contributed by atoms with E-state index >= 15 is 0 Å². The molecule has 0 spiro atoms. The molecule has 0 fully saturated rings. The number of carbonyl (C=O) groups is 1. The second-order valence-electron chi connectivity index (χ2n) is 7.59. The zero-order valence-electron chi connectivity index (χ0n) is 18.7. The van der Waals surface area contributed by atoms with Gasteiger partial charge in [0, 0.05) is 24.7 Å². The molecule has 0 atom stereocenters. The molecule has 0 heterocycles. The van der Waals surface area contributed by atoms with Gasteiger partial charge >= 0.3 is 0 Å². The maximum Gasteiger partial charge on any atom is 0.251 e. The molecular weight excluding hydrogens is 378 g/mol. The lowest BCUT2D eigenvalue weighted by Gasteiger charge is -2.20. The van der Waals surface area contributed by atoms with Crippen LogP contribution in [0.1, 0.15) is 28.8 Å². The van der Waals surface area contributed by atoms with Crippen molar-refractivity contribution in [2.45, 2.75) is 19.4 Å². The molecule has 0 aliphatic heterocycles. The highest BCUT2D eigenvalue weighted by Crippen LogP contribution is 2.22. The van der Waals surface area contributed by atoms with E-state index in [1.807, 2.05) is 0 Å². The number of benzene rings is 2. The van der Waals surface area contributed by atoms with E-state index < -0.39 is 0 Å². The van der Waals surface area contributed by atoms with E-state index in [2.05, 4.69) is 59.5 Å². The number of nitrogens with zero attached hydrogens (tertiary/aromatic N) is 2. The standard InChI is InChI=1S/C24H35N3O3/c1-26(14-9-15-27(2)19-20-10-6-5-7-11-20)13-8-12-25-24(28)21-16-22(29-3)18-23(17-21)30-4/h5-7,10-11,16-18H,8-9,12-15,19H2,1-4H3,(H,25,28). The molecular formula is C24H35N3O3. The average molecular weight is 414 g/mol. The molecule has 30 heavy (non-hydrogen) atoms. The van der Waals surface area contributed by atoms with Gasteiger partial charge in [-0.3, -0.25) is 4.79 Å². The summed E-state index contributed by atoms with van der Waals surface area (Å²) in [6.45, 7) is 4.67. The summed E-state index contributed by atoms with van der Waals surface area (Å²) in [5.41, 5.74) is 1.89. The predicted molar refractivity (Wildman–Crippen MR) is 121 cm³/mol. The van der Waals surface area contributed by atoms with Crippen LogP contribution in [0.25, 0.3) is 0 Å². The van der Waals surface area contributed by atoms with Crippen molar-refractivity contribution >= 4 is 5.91 Å². The van der Waals surface area contributed by atoms with Crippen LogP contribution in [0.15, 0.2) is 48.5 Å². The van der Waals surface area contributed by atoms with Crippen LogP contribution in [0, 0.1) is 0 Å². The second kappa shape index (κ2) is 12.9. The van der Waals surface area contributed by atoms with Crippen molar-refractivity contribution in [3.63, 3.8) is 0 Å². The van der Waals surface area contributed by atoms with Gasteiger partial charge in [0.15, 0.2) is 0 Å². The lowest BCUT2D eigenvalue weighted by Crippen LogP contribution is -2.30. The van der Waals surface area contributed by atoms with Gasteiger partial charge in [-0.1, -0.05) is 30.3 Å². The lowest BCUT2D eigenvalue weighted by molar-refractivity contribution is 0.0951. The van der Waals surface area contributed by atoms with Crippen molar-refractivity contribution in [2.24, 2.45) is 0 Å². The van der Waals surface area contributed by atoms with Crippen LogP contribution < -0.4 is 14.8 Å². The van der Waals surface area contributed by atoms with E-state index in [4.69, 9.17) is 9.47 Å². The Labute approximate surface area is 180 Å². The van der Waals surface area contributed by atoms with Gasteiger partial charge in [0.05, 0.1) is 14.2 Å². The maximum absolute atomic E-state index is 12.4. The van der Waals surface area contributed by atoms with Gasteiger partial charge in [0.25, 0.3) is 5.91 Å². The number of nitrogens with one attached hydrogen (secondary N) is 1. The van der Waals surface area contributed by atoms with E-state index in [0.717, 1.165) is 39.0 Å². The molecule has 0 aliphatic rings. The third-order valence-electron chi connectivity index (χ3n) is 4.99. The molecule has 2 rings (SSSR count). The largest absolute Gasteiger partial charge is 0.497 e. The van der Waals surface area contributed by atoms with Crippen LogP contribution in [-0.4, -0.2) is 70.2 Å². The van der Waals surface area contributed by atoms with E-state index in [0.29, 0.717) is 23.6 Å². The normalized spacial score (nSPS) is 11.0. The average Bonchev–Trinajstić information content (AvgIpc) is 2.76. The van der Waals surface area contributed by atoms with Crippen molar-refractivity contribution in [3.05, 3.63) is 59.7 Å². The highest BCUT2D eigenvalue weighted by atomic mass is 16.5. The van der Waals surface area contributed by atoms with Crippen molar-refractivity contribution in [1.82, 2.24) is 15.1 Å². The molecule has 0 unspecified atom stereocenters. The summed E-state index contributed by atoms with van der Waals surface area (Å²) in [5.74, 6) is 1.10. The van der Waals surface area contributed by atoms with Crippen LogP contribution in [0.4, 0.5) is 0 Å². The minimum Gasteiger partial charge on any atom is -0.497 e. The predicted octanol–water partition coefficient (Wildman–Crippen LogP) is 3.28. The summed E-state index contributed by atoms with van der Waals surface area (Å²) in [7, 11) is 7.44. The fourth-order valence-corrected chi connectivity index (χ4v) is 3.29. The number of amides is 1. The molecule has 6 nitrogen and oxygen atoms in total. The van der Waals surface area contributed by atoms with Crippen LogP contribution in [0.2, 0.25) is 0 Å². The molecule has 6 heteroatoms. The lowest BCUT2D eigenvalue weighted by atomic mass is 10.2. The van der Waals surface area contributed by atoms with Gasteiger partial charge in [0.1, 0.15) is 11.5 Å². The summed E-state index contributed by atoms with van der Waals surface area (Å²) in [6, 6.07) is 15.7. The Balaban J connectivity index is 1.61.